The number of benzene rings is 2. The lowest BCUT2D eigenvalue weighted by atomic mass is 9.96. The van der Waals surface area contributed by atoms with Gasteiger partial charge in [-0.2, -0.15) is 0 Å². The second-order valence-corrected chi connectivity index (χ2v) is 7.70. The van der Waals surface area contributed by atoms with Gasteiger partial charge in [-0.3, -0.25) is 4.90 Å². The number of nitrogens with zero attached hydrogens (tertiary/aromatic N) is 4. The van der Waals surface area contributed by atoms with Crippen LogP contribution in [0.4, 0.5) is 14.6 Å². The van der Waals surface area contributed by atoms with E-state index in [4.69, 9.17) is 0 Å². The van der Waals surface area contributed by atoms with Crippen LogP contribution < -0.4 is 4.90 Å². The highest BCUT2D eigenvalue weighted by molar-refractivity contribution is 7.98. The molecule has 1 aliphatic heterocycles. The van der Waals surface area contributed by atoms with E-state index in [9.17, 15) is 8.78 Å². The summed E-state index contributed by atoms with van der Waals surface area (Å²) in [6.45, 7) is 3.28. The Kier molecular flexibility index (Phi) is 6.06. The van der Waals surface area contributed by atoms with Crippen LogP contribution in [-0.4, -0.2) is 47.3 Å². The summed E-state index contributed by atoms with van der Waals surface area (Å²) in [4.78, 5) is 13.4. The van der Waals surface area contributed by atoms with Gasteiger partial charge in [0.25, 0.3) is 0 Å². The number of aromatic nitrogens is 2. The number of hydrogen-bond acceptors (Lipinski definition) is 5. The lowest BCUT2D eigenvalue weighted by Crippen LogP contribution is -2.48. The van der Waals surface area contributed by atoms with Crippen LogP contribution >= 0.6 is 11.8 Å². The quantitative estimate of drug-likeness (QED) is 0.458. The van der Waals surface area contributed by atoms with E-state index in [0.29, 0.717) is 0 Å². The molecule has 0 amide bonds. The van der Waals surface area contributed by atoms with Gasteiger partial charge in [0.05, 0.1) is 6.04 Å². The third-order valence-corrected chi connectivity index (χ3v) is 5.74. The molecule has 3 aromatic rings. The molecule has 4 nitrogen and oxygen atoms in total. The molecule has 1 fully saturated rings. The van der Waals surface area contributed by atoms with Crippen molar-refractivity contribution in [1.29, 1.82) is 0 Å². The van der Waals surface area contributed by atoms with Crippen LogP contribution in [0.2, 0.25) is 0 Å². The predicted molar refractivity (Wildman–Crippen MR) is 112 cm³/mol. The van der Waals surface area contributed by atoms with Gasteiger partial charge < -0.3 is 4.90 Å². The number of piperazine rings is 1. The Morgan fingerprint density at radius 2 is 1.38 bits per heavy atom. The van der Waals surface area contributed by atoms with Gasteiger partial charge in [-0.25, -0.2) is 18.7 Å². The first kappa shape index (κ1) is 19.8. The normalized spacial score (nSPS) is 15.1. The fraction of sp³-hybridized carbons (Fsp3) is 0.273. The van der Waals surface area contributed by atoms with Gasteiger partial charge in [-0.1, -0.05) is 36.0 Å². The van der Waals surface area contributed by atoms with Crippen molar-refractivity contribution in [2.75, 3.05) is 37.3 Å². The fourth-order valence-electron chi connectivity index (χ4n) is 3.72. The number of rotatable bonds is 5. The Bertz CT molecular complexity index is 896. The average molecular weight is 413 g/mol. The monoisotopic (exact) mass is 412 g/mol. The summed E-state index contributed by atoms with van der Waals surface area (Å²) < 4.78 is 26.9. The van der Waals surface area contributed by atoms with E-state index in [0.717, 1.165) is 48.3 Å². The highest BCUT2D eigenvalue weighted by Gasteiger charge is 2.27. The molecule has 0 spiro atoms. The third kappa shape index (κ3) is 4.57. The van der Waals surface area contributed by atoms with Gasteiger partial charge in [-0.15, -0.1) is 0 Å². The van der Waals surface area contributed by atoms with Crippen LogP contribution in [0.25, 0.3) is 0 Å². The maximum atomic E-state index is 13.5. The molecule has 0 N–H and O–H groups in total. The van der Waals surface area contributed by atoms with Crippen LogP contribution in [-0.2, 0) is 0 Å². The largest absolute Gasteiger partial charge is 0.354 e. The molecule has 150 valence electrons. The molecule has 0 radical (unpaired) electrons. The summed E-state index contributed by atoms with van der Waals surface area (Å²) in [5, 5.41) is 0.764. The highest BCUT2D eigenvalue weighted by atomic mass is 32.2. The summed E-state index contributed by atoms with van der Waals surface area (Å²) in [6.07, 6.45) is 3.76. The van der Waals surface area contributed by atoms with Gasteiger partial charge in [0, 0.05) is 32.4 Å². The first-order chi connectivity index (χ1) is 14.1. The molecular weight excluding hydrogens is 390 g/mol. The van der Waals surface area contributed by atoms with Crippen LogP contribution in [0, 0.1) is 11.6 Å². The lowest BCUT2D eigenvalue weighted by Gasteiger charge is -2.40. The van der Waals surface area contributed by atoms with E-state index in [-0.39, 0.29) is 17.7 Å². The van der Waals surface area contributed by atoms with Crippen LogP contribution in [0.5, 0.6) is 0 Å². The smallest absolute Gasteiger partial charge is 0.189 e. The highest BCUT2D eigenvalue weighted by Crippen LogP contribution is 2.30. The molecule has 2 aromatic carbocycles. The van der Waals surface area contributed by atoms with Crippen LogP contribution in [0.15, 0.2) is 66.0 Å². The predicted octanol–water partition coefficient (Wildman–Crippen LogP) is 4.39. The van der Waals surface area contributed by atoms with E-state index < -0.39 is 0 Å². The average Bonchev–Trinajstić information content (AvgIpc) is 2.77. The Labute approximate surface area is 173 Å². The molecule has 1 aliphatic rings. The molecule has 7 heteroatoms. The zero-order valence-electron chi connectivity index (χ0n) is 16.1. The minimum absolute atomic E-state index is 0.0505. The number of anilines is 1. The molecule has 1 aromatic heterocycles. The van der Waals surface area contributed by atoms with Gasteiger partial charge >= 0.3 is 0 Å². The SMILES string of the molecule is CSc1nccc(N2CCN(C(c3ccc(F)cc3)c3ccc(F)cc3)CC2)n1. The summed E-state index contributed by atoms with van der Waals surface area (Å²) >= 11 is 1.53. The van der Waals surface area contributed by atoms with Crippen molar-refractivity contribution in [1.82, 2.24) is 14.9 Å². The molecule has 0 unspecified atom stereocenters. The summed E-state index contributed by atoms with van der Waals surface area (Å²) in [5.74, 6) is 0.415. The Balaban J connectivity index is 1.56. The second kappa shape index (κ2) is 8.88. The maximum Gasteiger partial charge on any atom is 0.189 e. The molecule has 4 rings (SSSR count). The van der Waals surface area contributed by atoms with Crippen LogP contribution in [0.3, 0.4) is 0 Å². The van der Waals surface area contributed by atoms with E-state index in [2.05, 4.69) is 19.8 Å². The zero-order valence-corrected chi connectivity index (χ0v) is 16.9. The number of hydrogen-bond donors (Lipinski definition) is 0. The maximum absolute atomic E-state index is 13.5. The van der Waals surface area contributed by atoms with Crippen molar-refractivity contribution in [3.63, 3.8) is 0 Å². The Morgan fingerprint density at radius 3 is 1.90 bits per heavy atom. The summed E-state index contributed by atoms with van der Waals surface area (Å²) in [5.41, 5.74) is 2.00. The second-order valence-electron chi connectivity index (χ2n) is 6.93. The molecule has 0 atom stereocenters. The topological polar surface area (TPSA) is 32.3 Å². The standard InChI is InChI=1S/C22H22F2N4S/c1-29-22-25-11-10-20(26-22)27-12-14-28(15-13-27)21(16-2-6-18(23)7-3-16)17-4-8-19(24)9-5-17/h2-11,21H,12-15H2,1H3. The van der Waals surface area contributed by atoms with Crippen molar-refractivity contribution in [3.05, 3.63) is 83.6 Å². The third-order valence-electron chi connectivity index (χ3n) is 5.18. The van der Waals surface area contributed by atoms with E-state index in [1.807, 2.05) is 36.6 Å². The first-order valence-electron chi connectivity index (χ1n) is 9.51. The van der Waals surface area contributed by atoms with Crippen molar-refractivity contribution >= 4 is 17.6 Å². The van der Waals surface area contributed by atoms with E-state index in [1.165, 1.54) is 36.0 Å². The molecule has 0 aliphatic carbocycles. The molecular formula is C22H22F2N4S. The van der Waals surface area contributed by atoms with Gasteiger partial charge in [0.2, 0.25) is 0 Å². The summed E-state index contributed by atoms with van der Waals surface area (Å²) in [6, 6.07) is 15.0. The molecule has 29 heavy (non-hydrogen) atoms. The molecule has 0 bridgehead atoms. The fourth-order valence-corrected chi connectivity index (χ4v) is 4.07. The Hall–Kier alpha value is -2.51. The number of thioether (sulfide) groups is 1. The molecule has 1 saturated heterocycles. The van der Waals surface area contributed by atoms with Crippen molar-refractivity contribution < 1.29 is 8.78 Å². The van der Waals surface area contributed by atoms with Gasteiger partial charge in [-0.05, 0) is 47.7 Å². The van der Waals surface area contributed by atoms with Crippen molar-refractivity contribution in [2.24, 2.45) is 0 Å². The molecule has 2 heterocycles. The first-order valence-corrected chi connectivity index (χ1v) is 10.7. The molecule has 0 saturated carbocycles. The van der Waals surface area contributed by atoms with Crippen molar-refractivity contribution in [3.8, 4) is 0 Å². The van der Waals surface area contributed by atoms with E-state index >= 15 is 0 Å². The number of halogens is 2. The lowest BCUT2D eigenvalue weighted by molar-refractivity contribution is 0.211. The minimum Gasteiger partial charge on any atom is -0.354 e. The van der Waals surface area contributed by atoms with E-state index in [1.54, 1.807) is 6.20 Å². The zero-order chi connectivity index (χ0) is 20.2. The summed E-state index contributed by atoms with van der Waals surface area (Å²) in [7, 11) is 0. The van der Waals surface area contributed by atoms with Crippen LogP contribution in [0.1, 0.15) is 17.2 Å². The van der Waals surface area contributed by atoms with Gasteiger partial charge in [0.1, 0.15) is 17.5 Å². The Morgan fingerprint density at radius 1 is 0.828 bits per heavy atom. The van der Waals surface area contributed by atoms with Gasteiger partial charge in [0.15, 0.2) is 5.16 Å². The van der Waals surface area contributed by atoms with Crippen molar-refractivity contribution in [2.45, 2.75) is 11.2 Å². The minimum atomic E-state index is -0.259.